The molecule has 14 heavy (non-hydrogen) atoms. The molecule has 0 amide bonds. The molecule has 0 spiro atoms. The molecule has 1 aliphatic heterocycles. The number of nitrogens with zero attached hydrogens (tertiary/aromatic N) is 1. The number of nitrogens with one attached hydrogen (secondary N) is 1. The van der Waals surface area contributed by atoms with Crippen LogP contribution in [0.1, 0.15) is 6.42 Å². The second-order valence-electron chi connectivity index (χ2n) is 3.86. The zero-order chi connectivity index (χ0) is 9.90. The number of likely N-dealkylation sites (N-methyl/N-ethyl adjacent to an activating group) is 1. The maximum absolute atomic E-state index is 11.1. The molecule has 6 heteroatoms. The van der Waals surface area contributed by atoms with Crippen LogP contribution in [0.5, 0.6) is 0 Å². The highest BCUT2D eigenvalue weighted by Gasteiger charge is 2.26. The summed E-state index contributed by atoms with van der Waals surface area (Å²) in [5, 5.41) is 3.25. The topological polar surface area (TPSA) is 49.4 Å². The zero-order valence-corrected chi connectivity index (χ0v) is 10.3. The molecule has 1 saturated heterocycles. The second-order valence-corrected chi connectivity index (χ2v) is 6.09. The Balaban J connectivity index is 0.00000169. The van der Waals surface area contributed by atoms with Gasteiger partial charge in [0.15, 0.2) is 9.84 Å². The van der Waals surface area contributed by atoms with E-state index in [4.69, 9.17) is 0 Å². The van der Waals surface area contributed by atoms with Gasteiger partial charge in [-0.05, 0) is 20.5 Å². The van der Waals surface area contributed by atoms with Gasteiger partial charge in [-0.15, -0.1) is 12.4 Å². The lowest BCUT2D eigenvalue weighted by atomic mass is 10.2. The highest BCUT2D eigenvalue weighted by atomic mass is 35.5. The van der Waals surface area contributed by atoms with Crippen LogP contribution in [-0.2, 0) is 9.84 Å². The fourth-order valence-corrected chi connectivity index (χ4v) is 3.16. The molecule has 1 unspecified atom stereocenters. The number of halogens is 1. The van der Waals surface area contributed by atoms with Crippen molar-refractivity contribution in [2.24, 2.45) is 0 Å². The summed E-state index contributed by atoms with van der Waals surface area (Å²) in [6.45, 7) is 1.82. The third-order valence-electron chi connectivity index (χ3n) is 2.22. The van der Waals surface area contributed by atoms with Crippen LogP contribution in [-0.4, -0.2) is 58.1 Å². The maximum atomic E-state index is 11.1. The second kappa shape index (κ2) is 5.90. The molecule has 4 nitrogen and oxygen atoms in total. The molecular formula is C8H19ClN2O2S. The van der Waals surface area contributed by atoms with Crippen molar-refractivity contribution in [1.82, 2.24) is 10.2 Å². The molecule has 0 aromatic carbocycles. The van der Waals surface area contributed by atoms with Crippen LogP contribution in [0.4, 0.5) is 0 Å². The minimum Gasteiger partial charge on any atom is -0.312 e. The quantitative estimate of drug-likeness (QED) is 0.739. The van der Waals surface area contributed by atoms with Gasteiger partial charge in [0.2, 0.25) is 0 Å². The summed E-state index contributed by atoms with van der Waals surface area (Å²) < 4.78 is 22.2. The van der Waals surface area contributed by atoms with Crippen LogP contribution in [0.2, 0.25) is 0 Å². The lowest BCUT2D eigenvalue weighted by Crippen LogP contribution is -2.35. The van der Waals surface area contributed by atoms with Crippen molar-refractivity contribution in [2.45, 2.75) is 12.5 Å². The van der Waals surface area contributed by atoms with E-state index >= 15 is 0 Å². The molecule has 0 aromatic heterocycles. The molecular weight excluding hydrogens is 224 g/mol. The van der Waals surface area contributed by atoms with Gasteiger partial charge in [0, 0.05) is 19.1 Å². The lowest BCUT2D eigenvalue weighted by Gasteiger charge is -2.13. The number of hydrogen-bond donors (Lipinski definition) is 1. The van der Waals surface area contributed by atoms with Crippen molar-refractivity contribution < 1.29 is 8.42 Å². The molecule has 0 saturated carbocycles. The average Bonchev–Trinajstić information content (AvgIpc) is 2.29. The summed E-state index contributed by atoms with van der Waals surface area (Å²) in [6.07, 6.45) is 0.774. The van der Waals surface area contributed by atoms with E-state index in [0.717, 1.165) is 19.5 Å². The highest BCUT2D eigenvalue weighted by Crippen LogP contribution is 2.10. The summed E-state index contributed by atoms with van der Waals surface area (Å²) in [5.74, 6) is 0.674. The molecule has 0 bridgehead atoms. The van der Waals surface area contributed by atoms with Gasteiger partial charge in [0.1, 0.15) is 0 Å². The molecule has 1 fully saturated rings. The van der Waals surface area contributed by atoms with E-state index in [-0.39, 0.29) is 18.4 Å². The molecule has 0 radical (unpaired) electrons. The van der Waals surface area contributed by atoms with Crippen molar-refractivity contribution in [2.75, 3.05) is 38.7 Å². The Morgan fingerprint density at radius 1 is 1.43 bits per heavy atom. The Hall–Kier alpha value is 0.160. The Kier molecular flexibility index (Phi) is 5.97. The first-order valence-corrected chi connectivity index (χ1v) is 6.40. The van der Waals surface area contributed by atoms with Crippen molar-refractivity contribution in [3.8, 4) is 0 Å². The minimum atomic E-state index is -2.72. The molecule has 86 valence electrons. The van der Waals surface area contributed by atoms with Crippen molar-refractivity contribution >= 4 is 22.2 Å². The first kappa shape index (κ1) is 14.2. The molecule has 1 heterocycles. The standard InChI is InChI=1S/C8H18N2O2S.ClH/c1-10(2)5-4-9-8-3-6-13(11,12)7-8;/h8-9H,3-7H2,1-2H3;1H. The molecule has 0 aromatic rings. The van der Waals surface area contributed by atoms with Crippen LogP contribution < -0.4 is 5.32 Å². The Morgan fingerprint density at radius 2 is 2.07 bits per heavy atom. The fraction of sp³-hybridized carbons (Fsp3) is 1.00. The van der Waals surface area contributed by atoms with Crippen LogP contribution >= 0.6 is 12.4 Å². The summed E-state index contributed by atoms with van der Waals surface area (Å²) in [7, 11) is 1.29. The van der Waals surface area contributed by atoms with Gasteiger partial charge in [0.25, 0.3) is 0 Å². The van der Waals surface area contributed by atoms with Crippen molar-refractivity contribution in [1.29, 1.82) is 0 Å². The van der Waals surface area contributed by atoms with Gasteiger partial charge in [0.05, 0.1) is 11.5 Å². The largest absolute Gasteiger partial charge is 0.312 e. The SMILES string of the molecule is CN(C)CCNC1CCS(=O)(=O)C1.Cl. The molecule has 1 atom stereocenters. The Bertz CT molecular complexity index is 254. The average molecular weight is 243 g/mol. The van der Waals surface area contributed by atoms with Gasteiger partial charge in [-0.1, -0.05) is 0 Å². The van der Waals surface area contributed by atoms with E-state index in [2.05, 4.69) is 10.2 Å². The van der Waals surface area contributed by atoms with E-state index in [1.165, 1.54) is 0 Å². The third kappa shape index (κ3) is 5.14. The maximum Gasteiger partial charge on any atom is 0.151 e. The van der Waals surface area contributed by atoms with Gasteiger partial charge in [-0.25, -0.2) is 8.42 Å². The Morgan fingerprint density at radius 3 is 2.50 bits per heavy atom. The predicted octanol–water partition coefficient (Wildman–Crippen LogP) is -0.254. The fourth-order valence-electron chi connectivity index (χ4n) is 1.45. The molecule has 1 aliphatic rings. The summed E-state index contributed by atoms with van der Waals surface area (Å²) in [5.41, 5.74) is 0. The number of rotatable bonds is 4. The van der Waals surface area contributed by atoms with Crippen LogP contribution in [0.25, 0.3) is 0 Å². The van der Waals surface area contributed by atoms with E-state index in [0.29, 0.717) is 11.5 Å². The Labute approximate surface area is 92.4 Å². The smallest absolute Gasteiger partial charge is 0.151 e. The highest BCUT2D eigenvalue weighted by molar-refractivity contribution is 7.91. The normalized spacial score (nSPS) is 24.9. The third-order valence-corrected chi connectivity index (χ3v) is 3.99. The van der Waals surface area contributed by atoms with Gasteiger partial charge in [-0.2, -0.15) is 0 Å². The lowest BCUT2D eigenvalue weighted by molar-refractivity contribution is 0.388. The first-order valence-electron chi connectivity index (χ1n) is 4.58. The molecule has 1 rings (SSSR count). The summed E-state index contributed by atoms with van der Waals surface area (Å²) in [6, 6.07) is 0.185. The van der Waals surface area contributed by atoms with E-state index < -0.39 is 9.84 Å². The zero-order valence-electron chi connectivity index (χ0n) is 8.69. The van der Waals surface area contributed by atoms with Crippen molar-refractivity contribution in [3.05, 3.63) is 0 Å². The van der Waals surface area contributed by atoms with Crippen molar-refractivity contribution in [3.63, 3.8) is 0 Å². The molecule has 0 aliphatic carbocycles. The predicted molar refractivity (Wildman–Crippen MR) is 60.9 cm³/mol. The van der Waals surface area contributed by atoms with E-state index in [9.17, 15) is 8.42 Å². The summed E-state index contributed by atoms with van der Waals surface area (Å²) in [4.78, 5) is 2.08. The van der Waals surface area contributed by atoms with Crippen LogP contribution in [0.3, 0.4) is 0 Å². The van der Waals surface area contributed by atoms with E-state index in [1.807, 2.05) is 14.1 Å². The molecule has 1 N–H and O–H groups in total. The minimum absolute atomic E-state index is 0. The van der Waals surface area contributed by atoms with Gasteiger partial charge >= 0.3 is 0 Å². The van der Waals surface area contributed by atoms with Gasteiger partial charge < -0.3 is 10.2 Å². The van der Waals surface area contributed by atoms with Crippen LogP contribution in [0.15, 0.2) is 0 Å². The number of hydrogen-bond acceptors (Lipinski definition) is 4. The monoisotopic (exact) mass is 242 g/mol. The first-order chi connectivity index (χ1) is 5.99. The van der Waals surface area contributed by atoms with Gasteiger partial charge in [-0.3, -0.25) is 0 Å². The van der Waals surface area contributed by atoms with E-state index in [1.54, 1.807) is 0 Å². The number of sulfone groups is 1. The van der Waals surface area contributed by atoms with Crippen LogP contribution in [0, 0.1) is 0 Å². The summed E-state index contributed by atoms with van der Waals surface area (Å²) >= 11 is 0.